The van der Waals surface area contributed by atoms with Crippen LogP contribution in [0.4, 0.5) is 0 Å². The molecular weight excluding hydrogens is 432 g/mol. The lowest BCUT2D eigenvalue weighted by Crippen LogP contribution is -2.41. The molecule has 1 aliphatic rings. The second kappa shape index (κ2) is 15.1. The molecule has 0 atom stereocenters. The van der Waals surface area contributed by atoms with Crippen molar-refractivity contribution in [3.63, 3.8) is 0 Å². The highest BCUT2D eigenvalue weighted by molar-refractivity contribution is 5.98. The number of rotatable bonds is 18. The van der Waals surface area contributed by atoms with Crippen LogP contribution in [0.5, 0.6) is 0 Å². The Labute approximate surface area is 213 Å². The Morgan fingerprint density at radius 3 is 1.54 bits per heavy atom. The summed E-state index contributed by atoms with van der Waals surface area (Å²) < 4.78 is 11.5. The summed E-state index contributed by atoms with van der Waals surface area (Å²) in [5.74, 6) is -0.188. The van der Waals surface area contributed by atoms with Crippen LogP contribution in [-0.4, -0.2) is 26.3 Å². The van der Waals surface area contributed by atoms with Gasteiger partial charge in [0.05, 0.1) is 13.2 Å². The third-order valence-corrected chi connectivity index (χ3v) is 7.50. The number of methoxy groups -OCH3 is 1. The van der Waals surface area contributed by atoms with E-state index >= 15 is 0 Å². The Kier molecular flexibility index (Phi) is 11.8. The fourth-order valence-corrected chi connectivity index (χ4v) is 5.56. The summed E-state index contributed by atoms with van der Waals surface area (Å²) in [4.78, 5) is 13.5. The van der Waals surface area contributed by atoms with Gasteiger partial charge in [0.1, 0.15) is 5.41 Å². The van der Waals surface area contributed by atoms with Crippen molar-refractivity contribution >= 4 is 5.97 Å². The van der Waals surface area contributed by atoms with Gasteiger partial charge in [-0.05, 0) is 28.7 Å². The standard InChI is InChI=1S/C32H46O3/c1-3-4-5-6-7-8-9-10-11-12-13-14-15-20-25-35-31(33)32(26-34-2)29-23-18-16-21-27(29)28-22-17-19-24-30(28)32/h16-19,21-24H,3-15,20,25-26H2,1-2H3. The smallest absolute Gasteiger partial charge is 0.323 e. The summed E-state index contributed by atoms with van der Waals surface area (Å²) in [7, 11) is 1.66. The summed E-state index contributed by atoms with van der Waals surface area (Å²) in [5.41, 5.74) is 3.32. The zero-order valence-corrected chi connectivity index (χ0v) is 22.2. The fraction of sp³-hybridized carbons (Fsp3) is 0.594. The van der Waals surface area contributed by atoms with Crippen LogP contribution in [-0.2, 0) is 19.7 Å². The van der Waals surface area contributed by atoms with Gasteiger partial charge >= 0.3 is 5.97 Å². The van der Waals surface area contributed by atoms with Gasteiger partial charge in [-0.15, -0.1) is 0 Å². The first-order valence-corrected chi connectivity index (χ1v) is 14.1. The number of esters is 1. The maximum atomic E-state index is 13.5. The molecule has 0 fully saturated rings. The molecule has 35 heavy (non-hydrogen) atoms. The van der Waals surface area contributed by atoms with Crippen molar-refractivity contribution in [1.82, 2.24) is 0 Å². The molecule has 0 spiro atoms. The summed E-state index contributed by atoms with van der Waals surface area (Å²) in [6, 6.07) is 16.3. The molecule has 0 aromatic heterocycles. The molecular formula is C32H46O3. The van der Waals surface area contributed by atoms with Crippen molar-refractivity contribution in [3.05, 3.63) is 59.7 Å². The van der Waals surface area contributed by atoms with Crippen LogP contribution < -0.4 is 0 Å². The zero-order chi connectivity index (χ0) is 24.8. The second-order valence-corrected chi connectivity index (χ2v) is 10.2. The molecule has 2 aromatic rings. The number of fused-ring (bicyclic) bond motifs is 3. The molecule has 192 valence electrons. The van der Waals surface area contributed by atoms with Gasteiger partial charge in [0.2, 0.25) is 0 Å². The SMILES string of the molecule is CCCCCCCCCCCCCCCCOC(=O)C1(COC)c2ccccc2-c2ccccc21. The van der Waals surface area contributed by atoms with E-state index in [4.69, 9.17) is 9.47 Å². The van der Waals surface area contributed by atoms with Crippen LogP contribution in [0.2, 0.25) is 0 Å². The van der Waals surface area contributed by atoms with Crippen LogP contribution in [0, 0.1) is 0 Å². The van der Waals surface area contributed by atoms with Crippen molar-refractivity contribution < 1.29 is 14.3 Å². The minimum absolute atomic E-state index is 0.188. The maximum Gasteiger partial charge on any atom is 0.323 e. The molecule has 0 saturated carbocycles. The van der Waals surface area contributed by atoms with Gasteiger partial charge in [-0.2, -0.15) is 0 Å². The van der Waals surface area contributed by atoms with E-state index in [2.05, 4.69) is 19.1 Å². The highest BCUT2D eigenvalue weighted by Gasteiger charge is 2.50. The van der Waals surface area contributed by atoms with Gasteiger partial charge in [-0.1, -0.05) is 139 Å². The molecule has 0 heterocycles. The van der Waals surface area contributed by atoms with E-state index in [1.54, 1.807) is 7.11 Å². The number of unbranched alkanes of at least 4 members (excludes halogenated alkanes) is 13. The van der Waals surface area contributed by atoms with Gasteiger partial charge in [-0.3, -0.25) is 4.79 Å². The molecule has 2 aromatic carbocycles. The van der Waals surface area contributed by atoms with Crippen molar-refractivity contribution in [1.29, 1.82) is 0 Å². The lowest BCUT2D eigenvalue weighted by molar-refractivity contribution is -0.151. The van der Waals surface area contributed by atoms with Crippen LogP contribution in [0.25, 0.3) is 11.1 Å². The van der Waals surface area contributed by atoms with Crippen LogP contribution >= 0.6 is 0 Å². The Morgan fingerprint density at radius 2 is 1.09 bits per heavy atom. The normalized spacial score (nSPS) is 13.4. The summed E-state index contributed by atoms with van der Waals surface area (Å²) in [6.45, 7) is 3.05. The van der Waals surface area contributed by atoms with E-state index in [0.717, 1.165) is 35.1 Å². The Hall–Kier alpha value is -2.13. The number of carbonyl (C=O) groups excluding carboxylic acids is 1. The van der Waals surface area contributed by atoms with Gasteiger partial charge in [-0.25, -0.2) is 0 Å². The van der Waals surface area contributed by atoms with E-state index < -0.39 is 5.41 Å². The van der Waals surface area contributed by atoms with Crippen molar-refractivity contribution in [3.8, 4) is 11.1 Å². The van der Waals surface area contributed by atoms with Gasteiger partial charge < -0.3 is 9.47 Å². The number of benzene rings is 2. The molecule has 0 radical (unpaired) electrons. The molecule has 3 heteroatoms. The minimum atomic E-state index is -0.877. The summed E-state index contributed by atoms with van der Waals surface area (Å²) >= 11 is 0. The second-order valence-electron chi connectivity index (χ2n) is 10.2. The fourth-order valence-electron chi connectivity index (χ4n) is 5.56. The maximum absolute atomic E-state index is 13.5. The summed E-state index contributed by atoms with van der Waals surface area (Å²) in [5, 5.41) is 0. The molecule has 3 nitrogen and oxygen atoms in total. The van der Waals surface area contributed by atoms with E-state index in [9.17, 15) is 4.79 Å². The number of ether oxygens (including phenoxy) is 2. The monoisotopic (exact) mass is 478 g/mol. The van der Waals surface area contributed by atoms with Crippen molar-refractivity contribution in [2.45, 2.75) is 102 Å². The van der Waals surface area contributed by atoms with E-state index in [1.165, 1.54) is 77.0 Å². The Morgan fingerprint density at radius 1 is 0.657 bits per heavy atom. The highest BCUT2D eigenvalue weighted by Crippen LogP contribution is 2.49. The van der Waals surface area contributed by atoms with E-state index in [0.29, 0.717) is 13.2 Å². The minimum Gasteiger partial charge on any atom is -0.465 e. The zero-order valence-electron chi connectivity index (χ0n) is 22.2. The molecule has 0 saturated heterocycles. The van der Waals surface area contributed by atoms with Crippen LogP contribution in [0.15, 0.2) is 48.5 Å². The Bertz CT molecular complexity index is 842. The van der Waals surface area contributed by atoms with Gasteiger partial charge in [0.25, 0.3) is 0 Å². The molecule has 0 unspecified atom stereocenters. The predicted octanol–water partition coefficient (Wildman–Crippen LogP) is 8.62. The van der Waals surface area contributed by atoms with Crippen molar-refractivity contribution in [2.75, 3.05) is 20.3 Å². The summed E-state index contributed by atoms with van der Waals surface area (Å²) in [6.07, 6.45) is 18.4. The lowest BCUT2D eigenvalue weighted by Gasteiger charge is -2.29. The Balaban J connectivity index is 1.35. The van der Waals surface area contributed by atoms with Gasteiger partial charge in [0.15, 0.2) is 0 Å². The lowest BCUT2D eigenvalue weighted by atomic mass is 9.79. The van der Waals surface area contributed by atoms with Crippen LogP contribution in [0.1, 0.15) is 108 Å². The molecule has 0 N–H and O–H groups in total. The third-order valence-electron chi connectivity index (χ3n) is 7.50. The number of carbonyl (C=O) groups is 1. The van der Waals surface area contributed by atoms with Crippen molar-refractivity contribution in [2.24, 2.45) is 0 Å². The van der Waals surface area contributed by atoms with E-state index in [-0.39, 0.29) is 5.97 Å². The highest BCUT2D eigenvalue weighted by atomic mass is 16.5. The van der Waals surface area contributed by atoms with Gasteiger partial charge in [0, 0.05) is 7.11 Å². The average Bonchev–Trinajstić information content (AvgIpc) is 3.17. The quantitative estimate of drug-likeness (QED) is 0.159. The largest absolute Gasteiger partial charge is 0.465 e. The average molecular weight is 479 g/mol. The first kappa shape index (κ1) is 27.5. The molecule has 0 bridgehead atoms. The molecule has 0 aliphatic heterocycles. The van der Waals surface area contributed by atoms with E-state index in [1.807, 2.05) is 36.4 Å². The first-order valence-electron chi connectivity index (χ1n) is 14.1. The molecule has 1 aliphatic carbocycles. The predicted molar refractivity (Wildman–Crippen MR) is 146 cm³/mol. The number of hydrogen-bond donors (Lipinski definition) is 0. The van der Waals surface area contributed by atoms with Crippen LogP contribution in [0.3, 0.4) is 0 Å². The first-order chi connectivity index (χ1) is 17.3. The number of hydrogen-bond acceptors (Lipinski definition) is 3. The topological polar surface area (TPSA) is 35.5 Å². The third kappa shape index (κ3) is 7.19. The molecule has 0 amide bonds. The molecule has 3 rings (SSSR count).